The SMILES string of the molecule is Cn1c(=O)n(CCN2CCN(c3ccc(C(=O)NCCN)cc3F)CC2)c2nc(N)n3nc(-c4ccco4)nc3c21. The predicted octanol–water partition coefficient (Wildman–Crippen LogP) is 0.270. The lowest BCUT2D eigenvalue weighted by atomic mass is 10.1. The number of halogens is 1. The normalized spacial score (nSPS) is 14.4. The highest BCUT2D eigenvalue weighted by atomic mass is 19.1. The lowest BCUT2D eigenvalue weighted by Crippen LogP contribution is -2.47. The first-order chi connectivity index (χ1) is 19.9. The van der Waals surface area contributed by atoms with Crippen LogP contribution in [0.25, 0.3) is 28.4 Å². The molecule has 0 saturated carbocycles. The second kappa shape index (κ2) is 10.7. The average Bonchev–Trinajstić information content (AvgIpc) is 3.71. The molecule has 41 heavy (non-hydrogen) atoms. The minimum absolute atomic E-state index is 0.107. The van der Waals surface area contributed by atoms with Gasteiger partial charge in [-0.2, -0.15) is 9.50 Å². The van der Waals surface area contributed by atoms with Crippen LogP contribution in [0.4, 0.5) is 16.0 Å². The van der Waals surface area contributed by atoms with E-state index in [2.05, 4.69) is 25.3 Å². The van der Waals surface area contributed by atoms with Gasteiger partial charge in [0.25, 0.3) is 5.91 Å². The minimum atomic E-state index is -0.445. The lowest BCUT2D eigenvalue weighted by Gasteiger charge is -2.36. The van der Waals surface area contributed by atoms with Gasteiger partial charge >= 0.3 is 5.69 Å². The second-order valence-corrected chi connectivity index (χ2v) is 9.82. The molecule has 1 fully saturated rings. The highest BCUT2D eigenvalue weighted by Gasteiger charge is 2.24. The van der Waals surface area contributed by atoms with E-state index in [9.17, 15) is 14.0 Å². The number of fused-ring (bicyclic) bond motifs is 3. The van der Waals surface area contributed by atoms with Gasteiger partial charge < -0.3 is 26.1 Å². The highest BCUT2D eigenvalue weighted by Crippen LogP contribution is 2.24. The van der Waals surface area contributed by atoms with E-state index in [1.54, 1.807) is 35.9 Å². The smallest absolute Gasteiger partial charge is 0.330 e. The number of carbonyl (C=O) groups excluding carboxylic acids is 1. The van der Waals surface area contributed by atoms with Crippen LogP contribution in [0.1, 0.15) is 10.4 Å². The zero-order valence-electron chi connectivity index (χ0n) is 22.5. The summed E-state index contributed by atoms with van der Waals surface area (Å²) in [4.78, 5) is 38.6. The first kappa shape index (κ1) is 26.5. The molecule has 0 bridgehead atoms. The van der Waals surface area contributed by atoms with E-state index in [4.69, 9.17) is 15.9 Å². The molecule has 5 N–H and O–H groups in total. The summed E-state index contributed by atoms with van der Waals surface area (Å²) < 4.78 is 24.8. The maximum Gasteiger partial charge on any atom is 0.330 e. The van der Waals surface area contributed by atoms with E-state index in [-0.39, 0.29) is 23.1 Å². The molecule has 0 unspecified atom stereocenters. The third-order valence-electron chi connectivity index (χ3n) is 7.31. The number of nitrogens with zero attached hydrogens (tertiary/aromatic N) is 8. The number of amides is 1. The van der Waals surface area contributed by atoms with Crippen LogP contribution >= 0.6 is 0 Å². The van der Waals surface area contributed by atoms with Gasteiger partial charge in [0, 0.05) is 65.0 Å². The van der Waals surface area contributed by atoms with Gasteiger partial charge in [0.15, 0.2) is 17.1 Å². The van der Waals surface area contributed by atoms with E-state index >= 15 is 0 Å². The van der Waals surface area contributed by atoms with Crippen LogP contribution < -0.4 is 27.4 Å². The first-order valence-corrected chi connectivity index (χ1v) is 13.3. The number of nitrogens with one attached hydrogen (secondary N) is 1. The first-order valence-electron chi connectivity index (χ1n) is 13.3. The standard InChI is InChI=1S/C26H30FN11O3/c1-34-20-22(32-25(29)38-23(20)31-21(33-38)19-3-2-14-41-19)37(26(34)40)13-10-35-8-11-36(12-9-35)18-5-4-16(15-17(18)27)24(39)30-7-6-28/h2-5,14-15H,6-13,28H2,1H3,(H2,29,32)(H,30,39). The Balaban J connectivity index is 1.16. The summed E-state index contributed by atoms with van der Waals surface area (Å²) in [5.74, 6) is 0.132. The van der Waals surface area contributed by atoms with Crippen molar-refractivity contribution < 1.29 is 13.6 Å². The molecule has 214 valence electrons. The Morgan fingerprint density at radius 3 is 2.63 bits per heavy atom. The Hall–Kier alpha value is -4.76. The van der Waals surface area contributed by atoms with Gasteiger partial charge in [0.05, 0.1) is 12.0 Å². The van der Waals surface area contributed by atoms with Gasteiger partial charge in [-0.3, -0.25) is 18.8 Å². The Kier molecular flexibility index (Phi) is 6.88. The summed E-state index contributed by atoms with van der Waals surface area (Å²) in [5.41, 5.74) is 13.5. The molecule has 0 aliphatic carbocycles. The van der Waals surface area contributed by atoms with E-state index in [1.165, 1.54) is 21.4 Å². The molecule has 5 aromatic rings. The molecule has 1 aliphatic rings. The molecular formula is C26H30FN11O3. The van der Waals surface area contributed by atoms with Gasteiger partial charge in [-0.25, -0.2) is 14.2 Å². The number of carbonyl (C=O) groups is 1. The number of aryl methyl sites for hydroxylation is 1. The lowest BCUT2D eigenvalue weighted by molar-refractivity contribution is 0.0954. The molecule has 5 heterocycles. The van der Waals surface area contributed by atoms with Crippen LogP contribution in [-0.2, 0) is 13.6 Å². The number of aromatic nitrogens is 6. The topological polar surface area (TPSA) is 171 Å². The van der Waals surface area contributed by atoms with E-state index in [0.29, 0.717) is 86.4 Å². The molecular weight excluding hydrogens is 533 g/mol. The minimum Gasteiger partial charge on any atom is -0.461 e. The van der Waals surface area contributed by atoms with Gasteiger partial charge in [-0.15, -0.1) is 5.10 Å². The highest BCUT2D eigenvalue weighted by molar-refractivity contribution is 5.94. The van der Waals surface area contributed by atoms with Crippen molar-refractivity contribution >= 4 is 34.4 Å². The Morgan fingerprint density at radius 2 is 1.93 bits per heavy atom. The summed E-state index contributed by atoms with van der Waals surface area (Å²) >= 11 is 0. The van der Waals surface area contributed by atoms with Crippen LogP contribution in [0, 0.1) is 5.82 Å². The third-order valence-corrected chi connectivity index (χ3v) is 7.31. The van der Waals surface area contributed by atoms with Crippen molar-refractivity contribution in [3.8, 4) is 11.6 Å². The zero-order valence-corrected chi connectivity index (χ0v) is 22.5. The molecule has 0 atom stereocenters. The summed E-state index contributed by atoms with van der Waals surface area (Å²) in [6.45, 7) is 4.17. The monoisotopic (exact) mass is 563 g/mol. The number of hydrogen-bond acceptors (Lipinski definition) is 10. The molecule has 1 saturated heterocycles. The quantitative estimate of drug-likeness (QED) is 0.238. The number of benzene rings is 1. The number of hydrogen-bond donors (Lipinski definition) is 3. The molecule has 4 aromatic heterocycles. The fourth-order valence-electron chi connectivity index (χ4n) is 5.15. The molecule has 0 radical (unpaired) electrons. The van der Waals surface area contributed by atoms with Crippen molar-refractivity contribution in [1.82, 2.24) is 38.9 Å². The van der Waals surface area contributed by atoms with Crippen molar-refractivity contribution in [3.63, 3.8) is 0 Å². The van der Waals surface area contributed by atoms with Crippen molar-refractivity contribution in [2.45, 2.75) is 6.54 Å². The van der Waals surface area contributed by atoms with Gasteiger partial charge in [0.1, 0.15) is 11.3 Å². The molecule has 15 heteroatoms. The average molecular weight is 564 g/mol. The number of rotatable bonds is 8. The fraction of sp³-hybridized carbons (Fsp3) is 0.346. The van der Waals surface area contributed by atoms with E-state index in [0.717, 1.165) is 0 Å². The van der Waals surface area contributed by atoms with Gasteiger partial charge in [-0.05, 0) is 30.3 Å². The second-order valence-electron chi connectivity index (χ2n) is 9.82. The Labute approximate surface area is 232 Å². The van der Waals surface area contributed by atoms with Crippen molar-refractivity contribution in [3.05, 3.63) is 58.5 Å². The maximum absolute atomic E-state index is 14.9. The largest absolute Gasteiger partial charge is 0.461 e. The summed E-state index contributed by atoms with van der Waals surface area (Å²) in [6, 6.07) is 7.99. The Bertz CT molecular complexity index is 1780. The van der Waals surface area contributed by atoms with Crippen molar-refractivity contribution in [2.75, 3.05) is 56.4 Å². The summed E-state index contributed by atoms with van der Waals surface area (Å²) in [7, 11) is 1.67. The number of nitrogens with two attached hydrogens (primary N) is 2. The van der Waals surface area contributed by atoms with Gasteiger partial charge in [-0.1, -0.05) is 0 Å². The number of nitrogen functional groups attached to an aromatic ring is 1. The number of piperazine rings is 1. The van der Waals surface area contributed by atoms with Crippen molar-refractivity contribution in [2.24, 2.45) is 12.8 Å². The van der Waals surface area contributed by atoms with Crippen LogP contribution in [0.15, 0.2) is 45.8 Å². The van der Waals surface area contributed by atoms with Crippen LogP contribution in [0.3, 0.4) is 0 Å². The number of furan rings is 1. The maximum atomic E-state index is 14.9. The molecule has 14 nitrogen and oxygen atoms in total. The number of anilines is 2. The molecule has 6 rings (SSSR count). The summed E-state index contributed by atoms with van der Waals surface area (Å²) in [5, 5.41) is 7.05. The molecule has 0 spiro atoms. The molecule has 1 aromatic carbocycles. The Morgan fingerprint density at radius 1 is 1.12 bits per heavy atom. The number of imidazole rings is 1. The third kappa shape index (κ3) is 4.78. The molecule has 1 amide bonds. The van der Waals surface area contributed by atoms with Crippen LogP contribution in [0.5, 0.6) is 0 Å². The van der Waals surface area contributed by atoms with Crippen molar-refractivity contribution in [1.29, 1.82) is 0 Å². The predicted molar refractivity (Wildman–Crippen MR) is 150 cm³/mol. The van der Waals surface area contributed by atoms with Crippen LogP contribution in [0.2, 0.25) is 0 Å². The fourth-order valence-corrected chi connectivity index (χ4v) is 5.15. The van der Waals surface area contributed by atoms with Crippen LogP contribution in [-0.4, -0.2) is 85.3 Å². The zero-order chi connectivity index (χ0) is 28.7. The molecule has 1 aliphatic heterocycles. The summed E-state index contributed by atoms with van der Waals surface area (Å²) in [6.07, 6.45) is 1.53. The van der Waals surface area contributed by atoms with Gasteiger partial charge in [0.2, 0.25) is 11.8 Å². The van der Waals surface area contributed by atoms with E-state index < -0.39 is 5.82 Å². The van der Waals surface area contributed by atoms with E-state index in [1.807, 2.05) is 4.90 Å².